The molecule has 5 nitrogen and oxygen atoms in total. The van der Waals surface area contributed by atoms with Crippen LogP contribution in [-0.4, -0.2) is 19.6 Å². The maximum absolute atomic E-state index is 5.80. The number of benzene rings is 1. The van der Waals surface area contributed by atoms with Crippen molar-refractivity contribution in [2.24, 2.45) is 0 Å². The van der Waals surface area contributed by atoms with Crippen LogP contribution in [-0.2, 0) is 0 Å². The number of pyridine rings is 2. The van der Waals surface area contributed by atoms with E-state index >= 15 is 0 Å². The third-order valence-electron chi connectivity index (χ3n) is 5.23. The number of rotatable bonds is 4. The fourth-order valence-corrected chi connectivity index (χ4v) is 4.52. The van der Waals surface area contributed by atoms with Gasteiger partial charge in [0.05, 0.1) is 11.7 Å². The van der Waals surface area contributed by atoms with Crippen LogP contribution in [0.15, 0.2) is 96.0 Å². The summed E-state index contributed by atoms with van der Waals surface area (Å²) < 4.78 is 3.21. The molecule has 4 heterocycles. The van der Waals surface area contributed by atoms with E-state index in [1.807, 2.05) is 48.7 Å². The maximum Gasteiger partial charge on any atom is 0.174 e. The second-order valence-electron chi connectivity index (χ2n) is 6.98. The number of anilines is 1. The van der Waals surface area contributed by atoms with Crippen molar-refractivity contribution in [1.29, 1.82) is 0 Å². The number of thiocarbonyl (C=S) groups is 1. The van der Waals surface area contributed by atoms with Gasteiger partial charge in [-0.15, -0.1) is 0 Å². The van der Waals surface area contributed by atoms with Gasteiger partial charge in [0.25, 0.3) is 0 Å². The summed E-state index contributed by atoms with van der Waals surface area (Å²) >= 11 is 9.33. The number of hydrogen-bond donors (Lipinski definition) is 1. The number of hydrogen-bond acceptors (Lipinski definition) is 3. The zero-order valence-corrected chi connectivity index (χ0v) is 18.3. The third-order valence-corrected chi connectivity index (χ3v) is 6.07. The van der Waals surface area contributed by atoms with Crippen LogP contribution in [0.5, 0.6) is 0 Å². The van der Waals surface area contributed by atoms with E-state index in [2.05, 4.69) is 71.1 Å². The lowest BCUT2D eigenvalue weighted by Gasteiger charge is -2.29. The van der Waals surface area contributed by atoms with Gasteiger partial charge in [-0.2, -0.15) is 0 Å². The van der Waals surface area contributed by atoms with Gasteiger partial charge in [0, 0.05) is 46.3 Å². The van der Waals surface area contributed by atoms with E-state index in [0.29, 0.717) is 5.11 Å². The minimum atomic E-state index is -0.0853. The predicted molar refractivity (Wildman–Crippen MR) is 126 cm³/mol. The molecule has 0 aliphatic carbocycles. The van der Waals surface area contributed by atoms with Crippen molar-refractivity contribution in [3.63, 3.8) is 0 Å². The van der Waals surface area contributed by atoms with Gasteiger partial charge in [0.1, 0.15) is 6.04 Å². The van der Waals surface area contributed by atoms with Crippen LogP contribution in [0.4, 0.5) is 5.69 Å². The molecule has 1 N–H and O–H groups in total. The Balaban J connectivity index is 1.67. The zero-order valence-electron chi connectivity index (χ0n) is 15.9. The Bertz CT molecular complexity index is 1160. The number of aromatic nitrogens is 3. The Morgan fingerprint density at radius 1 is 0.867 bits per heavy atom. The fraction of sp³-hybridized carbons (Fsp3) is 0.0870. The number of nitrogens with one attached hydrogen (secondary N) is 1. The lowest BCUT2D eigenvalue weighted by atomic mass is 10.0. The fourth-order valence-electron chi connectivity index (χ4n) is 3.91. The Morgan fingerprint density at radius 3 is 2.40 bits per heavy atom. The van der Waals surface area contributed by atoms with Crippen LogP contribution in [0.25, 0.3) is 5.69 Å². The van der Waals surface area contributed by atoms with Gasteiger partial charge >= 0.3 is 0 Å². The summed E-state index contributed by atoms with van der Waals surface area (Å²) in [5.74, 6) is 0. The van der Waals surface area contributed by atoms with Crippen molar-refractivity contribution in [1.82, 2.24) is 19.9 Å². The molecule has 5 rings (SSSR count). The molecule has 1 aliphatic rings. The minimum Gasteiger partial charge on any atom is -0.351 e. The monoisotopic (exact) mass is 475 g/mol. The molecule has 1 aliphatic heterocycles. The summed E-state index contributed by atoms with van der Waals surface area (Å²) in [4.78, 5) is 11.0. The molecule has 1 fully saturated rings. The summed E-state index contributed by atoms with van der Waals surface area (Å²) in [5.41, 5.74) is 4.15. The summed E-state index contributed by atoms with van der Waals surface area (Å²) in [7, 11) is 0. The molecule has 1 saturated heterocycles. The first-order valence-electron chi connectivity index (χ1n) is 9.56. The van der Waals surface area contributed by atoms with Crippen molar-refractivity contribution in [2.45, 2.75) is 12.1 Å². The van der Waals surface area contributed by atoms with E-state index in [1.165, 1.54) is 0 Å². The van der Waals surface area contributed by atoms with Crippen LogP contribution < -0.4 is 10.2 Å². The molecule has 0 radical (unpaired) electrons. The van der Waals surface area contributed by atoms with Crippen molar-refractivity contribution < 1.29 is 0 Å². The van der Waals surface area contributed by atoms with E-state index < -0.39 is 0 Å². The quantitative estimate of drug-likeness (QED) is 0.410. The molecule has 1 aromatic carbocycles. The molecule has 0 saturated carbocycles. The van der Waals surface area contributed by atoms with Gasteiger partial charge in [-0.1, -0.05) is 22.0 Å². The highest BCUT2D eigenvalue weighted by molar-refractivity contribution is 9.10. The second kappa shape index (κ2) is 8.01. The topological polar surface area (TPSA) is 46.0 Å². The highest BCUT2D eigenvalue weighted by Gasteiger charge is 2.42. The van der Waals surface area contributed by atoms with Crippen LogP contribution in [0.3, 0.4) is 0 Å². The van der Waals surface area contributed by atoms with Gasteiger partial charge in [0.2, 0.25) is 0 Å². The highest BCUT2D eigenvalue weighted by Crippen LogP contribution is 2.42. The standard InChI is InChI=1S/C23H18BrN5S/c24-16-6-8-18(9-7-16)29-22(21(27-23(29)30)19-4-1-2-12-26-19)20-5-3-15-28(20)17-10-13-25-14-11-17/h1-15,21-22H,(H,27,30)/t21-,22+/m0/s1. The normalized spacial score (nSPS) is 18.4. The molecule has 148 valence electrons. The first-order chi connectivity index (χ1) is 14.7. The Morgan fingerprint density at radius 2 is 1.67 bits per heavy atom. The first-order valence-corrected chi connectivity index (χ1v) is 10.8. The first kappa shape index (κ1) is 19.0. The SMILES string of the molecule is S=C1N[C@@H](c2ccccn2)[C@@H](c2cccn2-c2ccncc2)N1c1ccc(Br)cc1. The minimum absolute atomic E-state index is 0.0725. The maximum atomic E-state index is 5.80. The van der Waals surface area contributed by atoms with E-state index in [4.69, 9.17) is 12.2 Å². The molecule has 4 aromatic rings. The molecular weight excluding hydrogens is 458 g/mol. The van der Waals surface area contributed by atoms with E-state index in [9.17, 15) is 0 Å². The smallest absolute Gasteiger partial charge is 0.174 e. The van der Waals surface area contributed by atoms with E-state index in [0.717, 1.165) is 27.2 Å². The van der Waals surface area contributed by atoms with Gasteiger partial charge in [-0.3, -0.25) is 9.97 Å². The van der Waals surface area contributed by atoms with Crippen molar-refractivity contribution >= 4 is 38.9 Å². The molecule has 0 bridgehead atoms. The molecule has 0 spiro atoms. The molecule has 0 amide bonds. The van der Waals surface area contributed by atoms with Gasteiger partial charge < -0.3 is 14.8 Å². The third kappa shape index (κ3) is 3.40. The lowest BCUT2D eigenvalue weighted by Crippen LogP contribution is -2.30. The molecule has 7 heteroatoms. The largest absolute Gasteiger partial charge is 0.351 e. The second-order valence-corrected chi connectivity index (χ2v) is 8.28. The predicted octanol–water partition coefficient (Wildman–Crippen LogP) is 5.21. The van der Waals surface area contributed by atoms with Crippen molar-refractivity contribution in [2.75, 3.05) is 4.90 Å². The highest BCUT2D eigenvalue weighted by atomic mass is 79.9. The molecular formula is C23H18BrN5S. The summed E-state index contributed by atoms with van der Waals surface area (Å²) in [5, 5.41) is 4.19. The van der Waals surface area contributed by atoms with Crippen LogP contribution >= 0.6 is 28.1 Å². The Kier molecular flexibility index (Phi) is 5.06. The Labute approximate surface area is 188 Å². The lowest BCUT2D eigenvalue weighted by molar-refractivity contribution is 0.549. The summed E-state index contributed by atoms with van der Waals surface area (Å²) in [6, 6.07) is 22.2. The Hall–Kier alpha value is -3.03. The van der Waals surface area contributed by atoms with Gasteiger partial charge in [-0.05, 0) is 72.9 Å². The number of nitrogens with zero attached hydrogens (tertiary/aromatic N) is 4. The number of halogens is 1. The van der Waals surface area contributed by atoms with E-state index in [1.54, 1.807) is 12.4 Å². The molecule has 3 aromatic heterocycles. The molecule has 0 unspecified atom stereocenters. The summed E-state index contributed by atoms with van der Waals surface area (Å²) in [6.07, 6.45) is 7.50. The van der Waals surface area contributed by atoms with Crippen LogP contribution in [0, 0.1) is 0 Å². The average molecular weight is 476 g/mol. The van der Waals surface area contributed by atoms with Gasteiger partial charge in [0.15, 0.2) is 5.11 Å². The van der Waals surface area contributed by atoms with Crippen molar-refractivity contribution in [3.05, 3.63) is 107 Å². The van der Waals surface area contributed by atoms with Gasteiger partial charge in [-0.25, -0.2) is 0 Å². The van der Waals surface area contributed by atoms with Crippen LogP contribution in [0.1, 0.15) is 23.5 Å². The van der Waals surface area contributed by atoms with Crippen molar-refractivity contribution in [3.8, 4) is 5.69 Å². The zero-order chi connectivity index (χ0) is 20.5. The summed E-state index contributed by atoms with van der Waals surface area (Å²) in [6.45, 7) is 0. The molecule has 2 atom stereocenters. The van der Waals surface area contributed by atoms with E-state index in [-0.39, 0.29) is 12.1 Å². The molecule has 30 heavy (non-hydrogen) atoms. The van der Waals surface area contributed by atoms with Crippen LogP contribution in [0.2, 0.25) is 0 Å². The average Bonchev–Trinajstić information content (AvgIpc) is 3.40.